The van der Waals surface area contributed by atoms with E-state index < -0.39 is 11.4 Å². The number of aliphatic hydroxyl groups is 1. The van der Waals surface area contributed by atoms with E-state index in [0.717, 1.165) is 30.4 Å². The van der Waals surface area contributed by atoms with Crippen molar-refractivity contribution in [3.8, 4) is 11.5 Å². The van der Waals surface area contributed by atoms with Gasteiger partial charge in [0.25, 0.3) is 0 Å². The molecular weight excluding hydrogens is 332 g/mol. The Morgan fingerprint density at radius 3 is 2.23 bits per heavy atom. The normalized spacial score (nSPS) is 26.8. The van der Waals surface area contributed by atoms with Crippen molar-refractivity contribution >= 4 is 0 Å². The van der Waals surface area contributed by atoms with Crippen LogP contribution in [0.2, 0.25) is 0 Å². The largest absolute Gasteiger partial charge is 0.493 e. The summed E-state index contributed by atoms with van der Waals surface area (Å²) < 4.78 is 22.9. The zero-order valence-corrected chi connectivity index (χ0v) is 16.7. The van der Waals surface area contributed by atoms with Gasteiger partial charge in [-0.25, -0.2) is 0 Å². The van der Waals surface area contributed by atoms with Gasteiger partial charge >= 0.3 is 0 Å². The predicted molar refractivity (Wildman–Crippen MR) is 99.7 cm³/mol. The molecule has 26 heavy (non-hydrogen) atoms. The van der Waals surface area contributed by atoms with E-state index in [4.69, 9.17) is 18.9 Å². The zero-order valence-electron chi connectivity index (χ0n) is 16.7. The van der Waals surface area contributed by atoms with Crippen molar-refractivity contribution in [2.24, 2.45) is 5.41 Å². The van der Waals surface area contributed by atoms with Crippen LogP contribution in [-0.4, -0.2) is 38.3 Å². The molecule has 0 bridgehead atoms. The third-order valence-electron chi connectivity index (χ3n) is 5.68. The molecule has 146 valence electrons. The van der Waals surface area contributed by atoms with Crippen molar-refractivity contribution in [1.82, 2.24) is 0 Å². The molecule has 1 fully saturated rings. The number of benzene rings is 1. The molecule has 0 saturated carbocycles. The van der Waals surface area contributed by atoms with Crippen LogP contribution >= 0.6 is 0 Å². The summed E-state index contributed by atoms with van der Waals surface area (Å²) in [7, 11) is 3.26. The molecule has 1 heterocycles. The van der Waals surface area contributed by atoms with Gasteiger partial charge in [0, 0.05) is 11.8 Å². The molecule has 1 aromatic carbocycles. The van der Waals surface area contributed by atoms with Crippen LogP contribution < -0.4 is 9.47 Å². The highest BCUT2D eigenvalue weighted by atomic mass is 16.7. The minimum absolute atomic E-state index is 0.0395. The average molecular weight is 364 g/mol. The highest BCUT2D eigenvalue weighted by molar-refractivity contribution is 5.50. The zero-order chi connectivity index (χ0) is 19.0. The van der Waals surface area contributed by atoms with Crippen molar-refractivity contribution in [1.29, 1.82) is 0 Å². The van der Waals surface area contributed by atoms with Gasteiger partial charge in [-0.1, -0.05) is 13.8 Å². The maximum Gasteiger partial charge on any atom is 0.165 e. The summed E-state index contributed by atoms with van der Waals surface area (Å²) >= 11 is 0. The molecule has 1 aromatic rings. The summed E-state index contributed by atoms with van der Waals surface area (Å²) in [5, 5.41) is 11.4. The fourth-order valence-electron chi connectivity index (χ4n) is 3.88. The molecule has 1 N–H and O–H groups in total. The molecule has 0 radical (unpaired) electrons. The molecule has 0 amide bonds. The molecule has 0 aromatic heterocycles. The summed E-state index contributed by atoms with van der Waals surface area (Å²) in [6, 6.07) is 3.93. The highest BCUT2D eigenvalue weighted by Gasteiger charge is 2.41. The summed E-state index contributed by atoms with van der Waals surface area (Å²) in [4.78, 5) is 0. The van der Waals surface area contributed by atoms with E-state index in [9.17, 15) is 5.11 Å². The molecule has 2 aliphatic rings. The predicted octanol–water partition coefficient (Wildman–Crippen LogP) is 3.80. The molecule has 1 aliphatic heterocycles. The number of ether oxygens (including phenoxy) is 4. The Morgan fingerprint density at radius 2 is 1.62 bits per heavy atom. The molecule has 1 saturated heterocycles. The van der Waals surface area contributed by atoms with Crippen molar-refractivity contribution in [2.45, 2.75) is 64.3 Å². The Bertz CT molecular complexity index is 644. The average Bonchev–Trinajstić information content (AvgIpc) is 2.62. The number of hydrogen-bond acceptors (Lipinski definition) is 5. The molecular formula is C21H32O5. The Balaban J connectivity index is 1.79. The summed E-state index contributed by atoms with van der Waals surface area (Å²) in [5.74, 6) is 0.729. The molecule has 1 atom stereocenters. The first kappa shape index (κ1) is 19.5. The number of hydrogen-bond donors (Lipinski definition) is 1. The first-order valence-corrected chi connectivity index (χ1v) is 9.46. The minimum atomic E-state index is -0.893. The van der Waals surface area contributed by atoms with Gasteiger partial charge in [-0.2, -0.15) is 0 Å². The van der Waals surface area contributed by atoms with E-state index >= 15 is 0 Å². The van der Waals surface area contributed by atoms with Gasteiger partial charge in [-0.3, -0.25) is 0 Å². The van der Waals surface area contributed by atoms with Crippen LogP contribution in [0.15, 0.2) is 12.1 Å². The van der Waals surface area contributed by atoms with Crippen LogP contribution in [0, 0.1) is 5.41 Å². The fourth-order valence-corrected chi connectivity index (χ4v) is 3.88. The van der Waals surface area contributed by atoms with Gasteiger partial charge in [-0.15, -0.1) is 0 Å². The van der Waals surface area contributed by atoms with E-state index in [1.54, 1.807) is 14.2 Å². The second-order valence-electron chi connectivity index (χ2n) is 8.62. The summed E-state index contributed by atoms with van der Waals surface area (Å²) in [6.45, 7) is 7.59. The molecule has 1 aliphatic carbocycles. The van der Waals surface area contributed by atoms with Crippen LogP contribution in [0.25, 0.3) is 0 Å². The van der Waals surface area contributed by atoms with Crippen LogP contribution in [-0.2, 0) is 21.5 Å². The van der Waals surface area contributed by atoms with Gasteiger partial charge < -0.3 is 24.1 Å². The highest BCUT2D eigenvalue weighted by Crippen LogP contribution is 2.45. The Morgan fingerprint density at radius 1 is 1.00 bits per heavy atom. The molecule has 5 heteroatoms. The van der Waals surface area contributed by atoms with Crippen molar-refractivity contribution in [2.75, 3.05) is 27.4 Å². The molecule has 5 nitrogen and oxygen atoms in total. The van der Waals surface area contributed by atoms with Crippen molar-refractivity contribution in [3.05, 3.63) is 23.3 Å². The monoisotopic (exact) mass is 364 g/mol. The van der Waals surface area contributed by atoms with Crippen LogP contribution in [0.1, 0.15) is 57.6 Å². The third kappa shape index (κ3) is 3.85. The third-order valence-corrected chi connectivity index (χ3v) is 5.68. The SMILES string of the molecule is COc1cc2c(cc1OC)[C@](O)(CCC1(C)OCC(C)(C)CO1)CCC2. The van der Waals surface area contributed by atoms with Crippen molar-refractivity contribution < 1.29 is 24.1 Å². The van der Waals surface area contributed by atoms with E-state index in [1.807, 2.05) is 19.1 Å². The van der Waals surface area contributed by atoms with Crippen molar-refractivity contribution in [3.63, 3.8) is 0 Å². The van der Waals surface area contributed by atoms with E-state index in [2.05, 4.69) is 13.8 Å². The first-order chi connectivity index (χ1) is 12.2. The van der Waals surface area contributed by atoms with Gasteiger partial charge in [0.15, 0.2) is 17.3 Å². The van der Waals surface area contributed by atoms with Gasteiger partial charge in [0.2, 0.25) is 0 Å². The van der Waals surface area contributed by atoms with Gasteiger partial charge in [0.05, 0.1) is 33.0 Å². The Labute approximate surface area is 156 Å². The lowest BCUT2D eigenvalue weighted by molar-refractivity contribution is -0.295. The summed E-state index contributed by atoms with van der Waals surface area (Å²) in [5.41, 5.74) is 1.22. The van der Waals surface area contributed by atoms with Crippen LogP contribution in [0.4, 0.5) is 0 Å². The quantitative estimate of drug-likeness (QED) is 0.861. The number of rotatable bonds is 5. The van der Waals surface area contributed by atoms with Gasteiger partial charge in [-0.05, 0) is 55.9 Å². The lowest BCUT2D eigenvalue weighted by atomic mass is 9.75. The number of fused-ring (bicyclic) bond motifs is 1. The standard InChI is InChI=1S/C21H32O5/c1-19(2)13-25-20(3,26-14-19)9-10-21(22)8-6-7-15-11-17(23-4)18(24-5)12-16(15)21/h11-12,22H,6-10,13-14H2,1-5H3/t21-/m1/s1. The van der Waals surface area contributed by atoms with E-state index in [1.165, 1.54) is 0 Å². The Kier molecular flexibility index (Phi) is 5.26. The maximum atomic E-state index is 11.4. The molecule has 0 unspecified atom stereocenters. The fraction of sp³-hybridized carbons (Fsp3) is 0.714. The van der Waals surface area contributed by atoms with Crippen LogP contribution in [0.5, 0.6) is 11.5 Å². The maximum absolute atomic E-state index is 11.4. The van der Waals surface area contributed by atoms with Crippen LogP contribution in [0.3, 0.4) is 0 Å². The first-order valence-electron chi connectivity index (χ1n) is 9.46. The lowest BCUT2D eigenvalue weighted by Crippen LogP contribution is -2.46. The smallest absolute Gasteiger partial charge is 0.165 e. The topological polar surface area (TPSA) is 57.2 Å². The molecule has 3 rings (SSSR count). The lowest BCUT2D eigenvalue weighted by Gasteiger charge is -2.43. The van der Waals surface area contributed by atoms with E-state index in [0.29, 0.717) is 37.6 Å². The number of aryl methyl sites for hydroxylation is 1. The Hall–Kier alpha value is -1.30. The molecule has 0 spiro atoms. The second kappa shape index (κ2) is 7.02. The minimum Gasteiger partial charge on any atom is -0.493 e. The van der Waals surface area contributed by atoms with E-state index in [-0.39, 0.29) is 5.41 Å². The summed E-state index contributed by atoms with van der Waals surface area (Å²) in [6.07, 6.45) is 3.86. The van der Waals surface area contributed by atoms with Gasteiger partial charge in [0.1, 0.15) is 0 Å². The second-order valence-corrected chi connectivity index (χ2v) is 8.62. The number of methoxy groups -OCH3 is 2.